The Labute approximate surface area is 205 Å². The molecule has 174 valence electrons. The molecule has 0 spiro atoms. The maximum absolute atomic E-state index is 13.4. The molecule has 0 fully saturated rings. The molecular formula is C26H21N5O3S. The number of carbonyl (C=O) groups is 2. The molecule has 2 aromatic heterocycles. The van der Waals surface area contributed by atoms with E-state index >= 15 is 0 Å². The second-order valence-electron chi connectivity index (χ2n) is 7.74. The average Bonchev–Trinajstić information content (AvgIpc) is 3.48. The van der Waals surface area contributed by atoms with Gasteiger partial charge in [0, 0.05) is 24.4 Å². The molecule has 2 N–H and O–H groups in total. The highest BCUT2D eigenvalue weighted by molar-refractivity contribution is 7.22. The molecule has 0 aliphatic rings. The predicted molar refractivity (Wildman–Crippen MR) is 137 cm³/mol. The molecule has 5 rings (SSSR count). The molecule has 8 nitrogen and oxygen atoms in total. The van der Waals surface area contributed by atoms with E-state index in [4.69, 9.17) is 9.84 Å². The molecule has 0 saturated carbocycles. The van der Waals surface area contributed by atoms with Crippen LogP contribution < -0.4 is 15.4 Å². The number of ether oxygens (including phenoxy) is 1. The van der Waals surface area contributed by atoms with E-state index in [-0.39, 0.29) is 11.8 Å². The fraction of sp³-hybridized carbons (Fsp3) is 0.0769. The molecule has 9 heteroatoms. The lowest BCUT2D eigenvalue weighted by molar-refractivity contribution is -0.114. The van der Waals surface area contributed by atoms with Gasteiger partial charge in [-0.25, -0.2) is 9.67 Å². The Morgan fingerprint density at radius 2 is 1.74 bits per heavy atom. The SMILES string of the molecule is COc1ccc(-c2nn(-c3ccccc3)cc2C(=O)Nc2ccc3nc(NC(C)=O)sc3c2)cc1. The molecule has 5 aromatic rings. The van der Waals surface area contributed by atoms with E-state index in [0.717, 1.165) is 27.2 Å². The van der Waals surface area contributed by atoms with Crippen LogP contribution in [0.25, 0.3) is 27.2 Å². The Bertz CT molecular complexity index is 1520. The summed E-state index contributed by atoms with van der Waals surface area (Å²) in [5.41, 5.74) is 3.99. The minimum absolute atomic E-state index is 0.181. The highest BCUT2D eigenvalue weighted by atomic mass is 32.1. The zero-order chi connectivity index (χ0) is 24.4. The number of benzene rings is 3. The van der Waals surface area contributed by atoms with Gasteiger partial charge in [-0.2, -0.15) is 5.10 Å². The zero-order valence-corrected chi connectivity index (χ0v) is 19.8. The number of hydrogen-bond acceptors (Lipinski definition) is 6. The van der Waals surface area contributed by atoms with Crippen LogP contribution >= 0.6 is 11.3 Å². The third kappa shape index (κ3) is 4.75. The van der Waals surface area contributed by atoms with Crippen LogP contribution in [0.15, 0.2) is 79.0 Å². The number of rotatable bonds is 6. The molecular weight excluding hydrogens is 462 g/mol. The third-order valence-electron chi connectivity index (χ3n) is 5.27. The van der Waals surface area contributed by atoms with Crippen LogP contribution in [0.1, 0.15) is 17.3 Å². The Morgan fingerprint density at radius 3 is 2.46 bits per heavy atom. The van der Waals surface area contributed by atoms with Crippen LogP contribution in [0.5, 0.6) is 5.75 Å². The van der Waals surface area contributed by atoms with Crippen molar-refractivity contribution >= 4 is 44.2 Å². The average molecular weight is 484 g/mol. The molecule has 2 heterocycles. The number of fused-ring (bicyclic) bond motifs is 1. The summed E-state index contributed by atoms with van der Waals surface area (Å²) in [6, 6.07) is 22.5. The summed E-state index contributed by atoms with van der Waals surface area (Å²) in [4.78, 5) is 29.1. The quantitative estimate of drug-likeness (QED) is 0.338. The number of aromatic nitrogens is 3. The lowest BCUT2D eigenvalue weighted by Crippen LogP contribution is -2.12. The molecule has 2 amide bonds. The first kappa shape index (κ1) is 22.3. The lowest BCUT2D eigenvalue weighted by atomic mass is 10.1. The number of nitrogens with zero attached hydrogens (tertiary/aromatic N) is 3. The first-order chi connectivity index (χ1) is 17.0. The molecule has 0 unspecified atom stereocenters. The number of thiazole rings is 1. The van der Waals surface area contributed by atoms with Crippen molar-refractivity contribution in [1.29, 1.82) is 0 Å². The van der Waals surface area contributed by atoms with Gasteiger partial charge in [0.1, 0.15) is 11.4 Å². The Balaban J connectivity index is 1.49. The minimum Gasteiger partial charge on any atom is -0.497 e. The van der Waals surface area contributed by atoms with Crippen molar-refractivity contribution in [3.8, 4) is 22.7 Å². The van der Waals surface area contributed by atoms with Gasteiger partial charge in [-0.1, -0.05) is 29.5 Å². The molecule has 3 aromatic carbocycles. The van der Waals surface area contributed by atoms with Crippen LogP contribution in [0, 0.1) is 0 Å². The zero-order valence-electron chi connectivity index (χ0n) is 19.0. The second-order valence-corrected chi connectivity index (χ2v) is 8.77. The summed E-state index contributed by atoms with van der Waals surface area (Å²) in [7, 11) is 1.61. The summed E-state index contributed by atoms with van der Waals surface area (Å²) in [6.45, 7) is 1.44. The topological polar surface area (TPSA) is 98.1 Å². The summed E-state index contributed by atoms with van der Waals surface area (Å²) in [5, 5.41) is 10.9. The molecule has 35 heavy (non-hydrogen) atoms. The monoisotopic (exact) mass is 483 g/mol. The smallest absolute Gasteiger partial charge is 0.259 e. The van der Waals surface area contributed by atoms with Crippen molar-refractivity contribution in [2.45, 2.75) is 6.92 Å². The van der Waals surface area contributed by atoms with Crippen LogP contribution in [-0.4, -0.2) is 33.7 Å². The standard InChI is InChI=1S/C26H21N5O3S/c1-16(32)27-26-29-22-13-10-18(14-23(22)35-26)28-25(33)21-15-31(19-6-4-3-5-7-19)30-24(21)17-8-11-20(34-2)12-9-17/h3-15H,1-2H3,(H,28,33)(H,27,29,32). The molecule has 0 aliphatic carbocycles. The number of hydrogen-bond donors (Lipinski definition) is 2. The molecule has 0 saturated heterocycles. The number of carbonyl (C=O) groups excluding carboxylic acids is 2. The lowest BCUT2D eigenvalue weighted by Gasteiger charge is -2.06. The van der Waals surface area contributed by atoms with Gasteiger partial charge in [-0.05, 0) is 54.6 Å². The van der Waals surface area contributed by atoms with Gasteiger partial charge in [0.15, 0.2) is 5.13 Å². The van der Waals surface area contributed by atoms with Crippen LogP contribution in [-0.2, 0) is 4.79 Å². The van der Waals surface area contributed by atoms with Gasteiger partial charge >= 0.3 is 0 Å². The molecule has 0 radical (unpaired) electrons. The van der Waals surface area contributed by atoms with Crippen molar-refractivity contribution in [1.82, 2.24) is 14.8 Å². The Kier molecular flexibility index (Phi) is 5.99. The summed E-state index contributed by atoms with van der Waals surface area (Å²) in [5.74, 6) is 0.252. The number of methoxy groups -OCH3 is 1. The highest BCUT2D eigenvalue weighted by Gasteiger charge is 2.19. The van der Waals surface area contributed by atoms with E-state index in [9.17, 15) is 9.59 Å². The fourth-order valence-corrected chi connectivity index (χ4v) is 4.57. The third-order valence-corrected chi connectivity index (χ3v) is 6.21. The van der Waals surface area contributed by atoms with Crippen molar-refractivity contribution < 1.29 is 14.3 Å². The molecule has 0 bridgehead atoms. The fourth-order valence-electron chi connectivity index (χ4n) is 3.62. The van der Waals surface area contributed by atoms with Crippen LogP contribution in [0.4, 0.5) is 10.8 Å². The van der Waals surface area contributed by atoms with E-state index in [1.807, 2.05) is 66.7 Å². The van der Waals surface area contributed by atoms with Crippen molar-refractivity contribution in [2.75, 3.05) is 17.7 Å². The first-order valence-electron chi connectivity index (χ1n) is 10.8. The second kappa shape index (κ2) is 9.40. The van der Waals surface area contributed by atoms with Crippen LogP contribution in [0.3, 0.4) is 0 Å². The normalized spacial score (nSPS) is 10.8. The van der Waals surface area contributed by atoms with E-state index in [2.05, 4.69) is 15.6 Å². The summed E-state index contributed by atoms with van der Waals surface area (Å²) in [6.07, 6.45) is 1.73. The summed E-state index contributed by atoms with van der Waals surface area (Å²) >= 11 is 1.34. The summed E-state index contributed by atoms with van der Waals surface area (Å²) < 4.78 is 7.81. The Morgan fingerprint density at radius 1 is 0.971 bits per heavy atom. The first-order valence-corrected chi connectivity index (χ1v) is 11.6. The Hall–Kier alpha value is -4.50. The number of para-hydroxylation sites is 1. The minimum atomic E-state index is -0.288. The van der Waals surface area contributed by atoms with Crippen molar-refractivity contribution in [3.63, 3.8) is 0 Å². The predicted octanol–water partition coefficient (Wildman–Crippen LogP) is 5.37. The van der Waals surface area contributed by atoms with Gasteiger partial charge in [-0.3, -0.25) is 9.59 Å². The maximum atomic E-state index is 13.4. The number of amides is 2. The van der Waals surface area contributed by atoms with Crippen molar-refractivity contribution in [3.05, 3.63) is 84.6 Å². The van der Waals surface area contributed by atoms with Gasteiger partial charge < -0.3 is 15.4 Å². The number of nitrogens with one attached hydrogen (secondary N) is 2. The van der Waals surface area contributed by atoms with Gasteiger partial charge in [0.05, 0.1) is 28.6 Å². The van der Waals surface area contributed by atoms with E-state index < -0.39 is 0 Å². The van der Waals surface area contributed by atoms with Gasteiger partial charge in [0.25, 0.3) is 5.91 Å². The number of anilines is 2. The highest BCUT2D eigenvalue weighted by Crippen LogP contribution is 2.30. The largest absolute Gasteiger partial charge is 0.497 e. The van der Waals surface area contributed by atoms with Gasteiger partial charge in [-0.15, -0.1) is 0 Å². The van der Waals surface area contributed by atoms with Crippen LogP contribution in [0.2, 0.25) is 0 Å². The van der Waals surface area contributed by atoms with E-state index in [0.29, 0.717) is 22.1 Å². The molecule has 0 atom stereocenters. The van der Waals surface area contributed by atoms with Crippen molar-refractivity contribution in [2.24, 2.45) is 0 Å². The van der Waals surface area contributed by atoms with E-state index in [1.165, 1.54) is 18.3 Å². The van der Waals surface area contributed by atoms with Gasteiger partial charge in [0.2, 0.25) is 5.91 Å². The van der Waals surface area contributed by atoms with E-state index in [1.54, 1.807) is 24.1 Å². The molecule has 0 aliphatic heterocycles. The maximum Gasteiger partial charge on any atom is 0.259 e.